The maximum Gasteiger partial charge on any atom is 0.124 e. The third-order valence-electron chi connectivity index (χ3n) is 2.28. The molecule has 74 valence electrons. The van der Waals surface area contributed by atoms with Gasteiger partial charge in [0.25, 0.3) is 0 Å². The number of nitrogens with zero attached hydrogens (tertiary/aromatic N) is 1. The van der Waals surface area contributed by atoms with Crippen LogP contribution in [0.3, 0.4) is 0 Å². The predicted octanol–water partition coefficient (Wildman–Crippen LogP) is 2.64. The smallest absolute Gasteiger partial charge is 0.124 e. The summed E-state index contributed by atoms with van der Waals surface area (Å²) in [7, 11) is 0. The van der Waals surface area contributed by atoms with E-state index in [0.29, 0.717) is 5.92 Å². The number of hydrogen-bond acceptors (Lipinski definition) is 2. The highest BCUT2D eigenvalue weighted by Crippen LogP contribution is 2.24. The second kappa shape index (κ2) is 5.75. The van der Waals surface area contributed by atoms with Gasteiger partial charge < -0.3 is 4.79 Å². The minimum atomic E-state index is -0.113. The Morgan fingerprint density at radius 3 is 2.08 bits per heavy atom. The zero-order chi connectivity index (χ0) is 10.4. The van der Waals surface area contributed by atoms with Crippen molar-refractivity contribution in [3.63, 3.8) is 0 Å². The molecule has 0 saturated heterocycles. The van der Waals surface area contributed by atoms with Gasteiger partial charge >= 0.3 is 0 Å². The minimum absolute atomic E-state index is 0.104. The first kappa shape index (κ1) is 12.2. The molecule has 2 atom stereocenters. The Balaban J connectivity index is 4.36. The van der Waals surface area contributed by atoms with E-state index in [1.165, 1.54) is 0 Å². The van der Waals surface area contributed by atoms with Crippen molar-refractivity contribution in [2.45, 2.75) is 34.1 Å². The lowest BCUT2D eigenvalue weighted by atomic mass is 9.81. The van der Waals surface area contributed by atoms with Crippen molar-refractivity contribution in [1.82, 2.24) is 0 Å². The average Bonchev–Trinajstić information content (AvgIpc) is 2.02. The van der Waals surface area contributed by atoms with Gasteiger partial charge in [0.05, 0.1) is 12.0 Å². The van der Waals surface area contributed by atoms with Crippen molar-refractivity contribution in [3.8, 4) is 6.07 Å². The van der Waals surface area contributed by atoms with Crippen molar-refractivity contribution in [1.29, 1.82) is 5.26 Å². The van der Waals surface area contributed by atoms with Crippen LogP contribution in [0.1, 0.15) is 34.1 Å². The van der Waals surface area contributed by atoms with Gasteiger partial charge in [0.15, 0.2) is 0 Å². The Morgan fingerprint density at radius 1 is 1.31 bits per heavy atom. The molecule has 0 radical (unpaired) electrons. The van der Waals surface area contributed by atoms with E-state index < -0.39 is 0 Å². The molecule has 0 fully saturated rings. The fourth-order valence-electron chi connectivity index (χ4n) is 1.52. The van der Waals surface area contributed by atoms with Crippen LogP contribution in [0.15, 0.2) is 0 Å². The van der Waals surface area contributed by atoms with Crippen LogP contribution in [0.25, 0.3) is 0 Å². The Bertz CT molecular complexity index is 191. The first-order chi connectivity index (χ1) is 6.02. The molecule has 0 heterocycles. The average molecular weight is 181 g/mol. The Hall–Kier alpha value is -0.840. The highest BCUT2D eigenvalue weighted by atomic mass is 16.1. The van der Waals surface area contributed by atoms with Crippen LogP contribution in [0.2, 0.25) is 0 Å². The summed E-state index contributed by atoms with van der Waals surface area (Å²) in [5.74, 6) is 0.525. The third-order valence-corrected chi connectivity index (χ3v) is 2.28. The topological polar surface area (TPSA) is 40.9 Å². The van der Waals surface area contributed by atoms with Crippen molar-refractivity contribution >= 4 is 6.29 Å². The van der Waals surface area contributed by atoms with E-state index in [1.807, 2.05) is 13.8 Å². The molecule has 2 nitrogen and oxygen atoms in total. The standard InChI is InChI=1S/C11H19NO/c1-8(2)5-10(6-12)11(7-13)9(3)4/h7-11H,5H2,1-4H3. The second-order valence-corrected chi connectivity index (χ2v) is 4.32. The monoisotopic (exact) mass is 181 g/mol. The number of nitriles is 1. The van der Waals surface area contributed by atoms with Gasteiger partial charge in [0, 0.05) is 5.92 Å². The lowest BCUT2D eigenvalue weighted by Gasteiger charge is -2.21. The number of carbonyl (C=O) groups excluding carboxylic acids is 1. The summed E-state index contributed by atoms with van der Waals surface area (Å²) in [6.07, 6.45) is 1.75. The maximum atomic E-state index is 10.8. The van der Waals surface area contributed by atoms with E-state index in [9.17, 15) is 4.79 Å². The first-order valence-corrected chi connectivity index (χ1v) is 4.87. The first-order valence-electron chi connectivity index (χ1n) is 4.87. The number of carbonyl (C=O) groups is 1. The van der Waals surface area contributed by atoms with Gasteiger partial charge in [-0.15, -0.1) is 0 Å². The molecule has 0 saturated carbocycles. The van der Waals surface area contributed by atoms with E-state index >= 15 is 0 Å². The minimum Gasteiger partial charge on any atom is -0.303 e. The molecule has 0 aromatic heterocycles. The van der Waals surface area contributed by atoms with Gasteiger partial charge in [-0.05, 0) is 18.3 Å². The molecular formula is C11H19NO. The molecule has 2 unspecified atom stereocenters. The highest BCUT2D eigenvalue weighted by Gasteiger charge is 2.24. The summed E-state index contributed by atoms with van der Waals surface area (Å²) in [6.45, 7) is 8.13. The normalized spacial score (nSPS) is 15.5. The molecule has 0 spiro atoms. The Kier molecular flexibility index (Phi) is 5.37. The number of aldehydes is 1. The SMILES string of the molecule is CC(C)CC(C#N)C(C=O)C(C)C. The van der Waals surface area contributed by atoms with Crippen molar-refractivity contribution in [2.75, 3.05) is 0 Å². The molecule has 0 amide bonds. The highest BCUT2D eigenvalue weighted by molar-refractivity contribution is 5.55. The molecule has 0 aliphatic carbocycles. The molecule has 0 rings (SSSR count). The summed E-state index contributed by atoms with van der Waals surface area (Å²) in [5, 5.41) is 8.92. The van der Waals surface area contributed by atoms with E-state index in [1.54, 1.807) is 0 Å². The molecular weight excluding hydrogens is 162 g/mol. The van der Waals surface area contributed by atoms with Crippen LogP contribution in [0, 0.1) is 35.0 Å². The van der Waals surface area contributed by atoms with Crippen LogP contribution < -0.4 is 0 Å². The van der Waals surface area contributed by atoms with Crippen molar-refractivity contribution < 1.29 is 4.79 Å². The molecule has 0 aromatic carbocycles. The number of rotatable bonds is 5. The maximum absolute atomic E-state index is 10.8. The van der Waals surface area contributed by atoms with Crippen molar-refractivity contribution in [2.24, 2.45) is 23.7 Å². The quantitative estimate of drug-likeness (QED) is 0.612. The van der Waals surface area contributed by atoms with Crippen LogP contribution in [-0.2, 0) is 4.79 Å². The molecule has 0 aromatic rings. The number of hydrogen-bond donors (Lipinski definition) is 0. The van der Waals surface area contributed by atoms with E-state index in [0.717, 1.165) is 12.7 Å². The fraction of sp³-hybridized carbons (Fsp3) is 0.818. The van der Waals surface area contributed by atoms with Gasteiger partial charge in [0.2, 0.25) is 0 Å². The second-order valence-electron chi connectivity index (χ2n) is 4.32. The zero-order valence-electron chi connectivity index (χ0n) is 8.95. The Labute approximate surface area is 80.9 Å². The largest absolute Gasteiger partial charge is 0.303 e. The van der Waals surface area contributed by atoms with Crippen LogP contribution in [0.4, 0.5) is 0 Å². The van der Waals surface area contributed by atoms with Gasteiger partial charge in [-0.25, -0.2) is 0 Å². The molecule has 13 heavy (non-hydrogen) atoms. The molecule has 0 N–H and O–H groups in total. The van der Waals surface area contributed by atoms with Gasteiger partial charge in [-0.3, -0.25) is 0 Å². The lowest BCUT2D eigenvalue weighted by Crippen LogP contribution is -2.21. The summed E-state index contributed by atoms with van der Waals surface area (Å²) in [5.41, 5.74) is 0. The molecule has 2 heteroatoms. The van der Waals surface area contributed by atoms with E-state index in [2.05, 4.69) is 19.9 Å². The van der Waals surface area contributed by atoms with E-state index in [-0.39, 0.29) is 17.8 Å². The summed E-state index contributed by atoms with van der Waals surface area (Å²) in [4.78, 5) is 10.8. The summed E-state index contributed by atoms with van der Waals surface area (Å²) < 4.78 is 0. The van der Waals surface area contributed by atoms with Crippen LogP contribution >= 0.6 is 0 Å². The van der Waals surface area contributed by atoms with Gasteiger partial charge in [0.1, 0.15) is 6.29 Å². The van der Waals surface area contributed by atoms with Gasteiger partial charge in [-0.1, -0.05) is 27.7 Å². The van der Waals surface area contributed by atoms with Crippen LogP contribution in [0.5, 0.6) is 0 Å². The lowest BCUT2D eigenvalue weighted by molar-refractivity contribution is -0.113. The zero-order valence-corrected chi connectivity index (χ0v) is 8.95. The third kappa shape index (κ3) is 4.07. The fourth-order valence-corrected chi connectivity index (χ4v) is 1.52. The van der Waals surface area contributed by atoms with Gasteiger partial charge in [-0.2, -0.15) is 5.26 Å². The summed E-state index contributed by atoms with van der Waals surface area (Å²) >= 11 is 0. The molecule has 0 bridgehead atoms. The molecule has 0 aliphatic heterocycles. The molecule has 0 aliphatic rings. The Morgan fingerprint density at radius 2 is 1.85 bits per heavy atom. The predicted molar refractivity (Wildman–Crippen MR) is 53.0 cm³/mol. The van der Waals surface area contributed by atoms with E-state index in [4.69, 9.17) is 5.26 Å². The van der Waals surface area contributed by atoms with Crippen molar-refractivity contribution in [3.05, 3.63) is 0 Å². The van der Waals surface area contributed by atoms with Crippen LogP contribution in [-0.4, -0.2) is 6.29 Å². The summed E-state index contributed by atoms with van der Waals surface area (Å²) in [6, 6.07) is 2.23.